The van der Waals surface area contributed by atoms with Crippen LogP contribution in [0.3, 0.4) is 0 Å². The molecule has 2 heterocycles. The molecule has 150 valence electrons. The lowest BCUT2D eigenvalue weighted by Gasteiger charge is -2.36. The Labute approximate surface area is 171 Å². The Kier molecular flexibility index (Phi) is 5.34. The minimum absolute atomic E-state index is 0.173. The molecule has 4 rings (SSSR count). The van der Waals surface area contributed by atoms with E-state index in [1.165, 1.54) is 17.2 Å². The van der Waals surface area contributed by atoms with Gasteiger partial charge in [0, 0.05) is 43.6 Å². The first-order chi connectivity index (χ1) is 14.0. The summed E-state index contributed by atoms with van der Waals surface area (Å²) in [4.78, 5) is 13.6. The van der Waals surface area contributed by atoms with Crippen molar-refractivity contribution in [2.24, 2.45) is 0 Å². The lowest BCUT2D eigenvalue weighted by molar-refractivity contribution is 0.594. The van der Waals surface area contributed by atoms with Gasteiger partial charge in [0.25, 0.3) is 0 Å². The van der Waals surface area contributed by atoms with Gasteiger partial charge in [-0.3, -0.25) is 0 Å². The lowest BCUT2D eigenvalue weighted by Crippen LogP contribution is -2.47. The molecule has 0 saturated carbocycles. The Bertz CT molecular complexity index is 1010. The lowest BCUT2D eigenvalue weighted by atomic mass is 10.1. The highest BCUT2D eigenvalue weighted by atomic mass is 19.1. The molecule has 1 aromatic heterocycles. The number of rotatable bonds is 4. The standard InChI is InChI=1S/C23H26FN5/c1-16-8-9-19(14-17(16)2)26-22-15-18(3)25-23(27-22)29-12-10-28(11-13-29)21-7-5-4-6-20(21)24/h4-9,14-15H,10-13H2,1-3H3,(H,25,26,27). The summed E-state index contributed by atoms with van der Waals surface area (Å²) in [5.41, 5.74) is 5.10. The van der Waals surface area contributed by atoms with E-state index in [0.29, 0.717) is 11.6 Å². The number of nitrogens with one attached hydrogen (secondary N) is 1. The van der Waals surface area contributed by atoms with E-state index >= 15 is 0 Å². The summed E-state index contributed by atoms with van der Waals surface area (Å²) in [6.07, 6.45) is 0. The van der Waals surface area contributed by atoms with Crippen LogP contribution in [-0.2, 0) is 0 Å². The van der Waals surface area contributed by atoms with Gasteiger partial charge in [0.1, 0.15) is 11.6 Å². The van der Waals surface area contributed by atoms with Crippen LogP contribution >= 0.6 is 0 Å². The molecule has 3 aromatic rings. The van der Waals surface area contributed by atoms with Crippen LogP contribution in [0.2, 0.25) is 0 Å². The Morgan fingerprint density at radius 2 is 1.55 bits per heavy atom. The largest absolute Gasteiger partial charge is 0.366 e. The van der Waals surface area contributed by atoms with Crippen LogP contribution in [0, 0.1) is 26.6 Å². The number of aryl methyl sites for hydroxylation is 3. The van der Waals surface area contributed by atoms with Crippen molar-refractivity contribution in [1.29, 1.82) is 0 Å². The van der Waals surface area contributed by atoms with Crippen molar-refractivity contribution in [2.75, 3.05) is 41.3 Å². The number of para-hydroxylation sites is 1. The van der Waals surface area contributed by atoms with Gasteiger partial charge in [-0.2, -0.15) is 4.98 Å². The molecular weight excluding hydrogens is 365 g/mol. The predicted octanol–water partition coefficient (Wildman–Crippen LogP) is 4.61. The van der Waals surface area contributed by atoms with Gasteiger partial charge in [-0.25, -0.2) is 9.37 Å². The number of aromatic nitrogens is 2. The molecule has 1 saturated heterocycles. The smallest absolute Gasteiger partial charge is 0.227 e. The van der Waals surface area contributed by atoms with Crippen molar-refractivity contribution in [3.8, 4) is 0 Å². The van der Waals surface area contributed by atoms with E-state index in [4.69, 9.17) is 4.98 Å². The fourth-order valence-corrected chi connectivity index (χ4v) is 3.58. The molecule has 0 radical (unpaired) electrons. The fraction of sp³-hybridized carbons (Fsp3) is 0.304. The second-order valence-corrected chi connectivity index (χ2v) is 7.54. The number of piperazine rings is 1. The second-order valence-electron chi connectivity index (χ2n) is 7.54. The monoisotopic (exact) mass is 391 g/mol. The van der Waals surface area contributed by atoms with E-state index in [0.717, 1.165) is 43.4 Å². The molecule has 0 atom stereocenters. The Morgan fingerprint density at radius 3 is 2.28 bits per heavy atom. The molecular formula is C23H26FN5. The van der Waals surface area contributed by atoms with E-state index in [-0.39, 0.29) is 5.82 Å². The van der Waals surface area contributed by atoms with Gasteiger partial charge in [0.2, 0.25) is 5.95 Å². The Balaban J connectivity index is 1.48. The molecule has 29 heavy (non-hydrogen) atoms. The molecule has 5 nitrogen and oxygen atoms in total. The topological polar surface area (TPSA) is 44.3 Å². The molecule has 1 fully saturated rings. The second kappa shape index (κ2) is 8.07. The number of nitrogens with zero attached hydrogens (tertiary/aromatic N) is 4. The van der Waals surface area contributed by atoms with Crippen molar-refractivity contribution in [3.05, 3.63) is 71.2 Å². The third kappa shape index (κ3) is 4.31. The van der Waals surface area contributed by atoms with Crippen molar-refractivity contribution in [3.63, 3.8) is 0 Å². The van der Waals surface area contributed by atoms with Crippen molar-refractivity contribution < 1.29 is 4.39 Å². The van der Waals surface area contributed by atoms with Crippen LogP contribution in [0.15, 0.2) is 48.5 Å². The molecule has 0 unspecified atom stereocenters. The average molecular weight is 391 g/mol. The summed E-state index contributed by atoms with van der Waals surface area (Å²) in [5.74, 6) is 1.32. The van der Waals surface area contributed by atoms with Gasteiger partial charge in [-0.05, 0) is 56.2 Å². The van der Waals surface area contributed by atoms with Crippen LogP contribution in [0.1, 0.15) is 16.8 Å². The highest BCUT2D eigenvalue weighted by Gasteiger charge is 2.21. The average Bonchev–Trinajstić information content (AvgIpc) is 2.71. The maximum Gasteiger partial charge on any atom is 0.227 e. The van der Waals surface area contributed by atoms with E-state index in [1.807, 2.05) is 25.1 Å². The maximum atomic E-state index is 14.1. The summed E-state index contributed by atoms with van der Waals surface area (Å²) in [7, 11) is 0. The number of hydrogen-bond donors (Lipinski definition) is 1. The molecule has 6 heteroatoms. The van der Waals surface area contributed by atoms with E-state index in [9.17, 15) is 4.39 Å². The Hall–Kier alpha value is -3.15. The van der Waals surface area contributed by atoms with Crippen molar-refractivity contribution >= 4 is 23.1 Å². The van der Waals surface area contributed by atoms with E-state index in [1.54, 1.807) is 6.07 Å². The van der Waals surface area contributed by atoms with Gasteiger partial charge in [0.15, 0.2) is 0 Å². The van der Waals surface area contributed by atoms with Crippen LogP contribution in [-0.4, -0.2) is 36.1 Å². The summed E-state index contributed by atoms with van der Waals surface area (Å²) in [6, 6.07) is 15.2. The number of halogens is 1. The minimum atomic E-state index is -0.173. The molecule has 1 N–H and O–H groups in total. The maximum absolute atomic E-state index is 14.1. The molecule has 2 aromatic carbocycles. The van der Waals surface area contributed by atoms with Crippen LogP contribution in [0.5, 0.6) is 0 Å². The van der Waals surface area contributed by atoms with Crippen LogP contribution in [0.4, 0.5) is 27.5 Å². The predicted molar refractivity (Wildman–Crippen MR) is 117 cm³/mol. The molecule has 0 amide bonds. The summed E-state index contributed by atoms with van der Waals surface area (Å²) in [6.45, 7) is 9.16. The molecule has 0 aliphatic carbocycles. The van der Waals surface area contributed by atoms with Crippen LogP contribution in [0.25, 0.3) is 0 Å². The minimum Gasteiger partial charge on any atom is -0.366 e. The Morgan fingerprint density at radius 1 is 0.828 bits per heavy atom. The SMILES string of the molecule is Cc1cc(Nc2ccc(C)c(C)c2)nc(N2CCN(c3ccccc3F)CC2)n1. The third-order valence-electron chi connectivity index (χ3n) is 5.38. The zero-order valence-corrected chi connectivity index (χ0v) is 17.1. The van der Waals surface area contributed by atoms with Crippen molar-refractivity contribution in [1.82, 2.24) is 9.97 Å². The molecule has 1 aliphatic rings. The quantitative estimate of drug-likeness (QED) is 0.704. The zero-order chi connectivity index (χ0) is 20.4. The van der Waals surface area contributed by atoms with E-state index in [2.05, 4.69) is 52.1 Å². The van der Waals surface area contributed by atoms with Crippen LogP contribution < -0.4 is 15.1 Å². The summed E-state index contributed by atoms with van der Waals surface area (Å²) < 4.78 is 14.1. The highest BCUT2D eigenvalue weighted by Crippen LogP contribution is 2.24. The van der Waals surface area contributed by atoms with Gasteiger partial charge < -0.3 is 15.1 Å². The van der Waals surface area contributed by atoms with Gasteiger partial charge >= 0.3 is 0 Å². The third-order valence-corrected chi connectivity index (χ3v) is 5.38. The first-order valence-electron chi connectivity index (χ1n) is 9.94. The highest BCUT2D eigenvalue weighted by molar-refractivity contribution is 5.59. The molecule has 1 aliphatic heterocycles. The number of anilines is 4. The number of hydrogen-bond acceptors (Lipinski definition) is 5. The first-order valence-corrected chi connectivity index (χ1v) is 9.94. The van der Waals surface area contributed by atoms with Gasteiger partial charge in [-0.1, -0.05) is 18.2 Å². The van der Waals surface area contributed by atoms with Gasteiger partial charge in [-0.15, -0.1) is 0 Å². The molecule has 0 spiro atoms. The number of benzene rings is 2. The van der Waals surface area contributed by atoms with Gasteiger partial charge in [0.05, 0.1) is 5.69 Å². The zero-order valence-electron chi connectivity index (χ0n) is 17.1. The first kappa shape index (κ1) is 19.2. The summed E-state index contributed by atoms with van der Waals surface area (Å²) >= 11 is 0. The normalized spacial score (nSPS) is 14.2. The fourth-order valence-electron chi connectivity index (χ4n) is 3.58. The van der Waals surface area contributed by atoms with Crippen molar-refractivity contribution in [2.45, 2.75) is 20.8 Å². The molecule has 0 bridgehead atoms. The van der Waals surface area contributed by atoms with E-state index < -0.39 is 0 Å². The summed E-state index contributed by atoms with van der Waals surface area (Å²) in [5, 5.41) is 3.40.